The Kier molecular flexibility index (Phi) is 6.52. The molecule has 0 spiro atoms. The third kappa shape index (κ3) is 5.82. The van der Waals surface area contributed by atoms with Crippen molar-refractivity contribution in [2.24, 2.45) is 5.92 Å². The van der Waals surface area contributed by atoms with E-state index in [-0.39, 0.29) is 11.6 Å². The average molecular weight is 244 g/mol. The minimum absolute atomic E-state index is 0.132. The van der Waals surface area contributed by atoms with E-state index < -0.39 is 8.32 Å². The van der Waals surface area contributed by atoms with Crippen LogP contribution in [0.25, 0.3) is 0 Å². The number of hydrogen-bond donors (Lipinski definition) is 1. The van der Waals surface area contributed by atoms with E-state index in [1.807, 2.05) is 0 Å². The van der Waals surface area contributed by atoms with E-state index in [9.17, 15) is 0 Å². The maximum absolute atomic E-state index is 8.67. The van der Waals surface area contributed by atoms with Crippen molar-refractivity contribution >= 4 is 8.32 Å². The second-order valence-electron chi connectivity index (χ2n) is 5.99. The highest BCUT2D eigenvalue weighted by Crippen LogP contribution is 2.36. The van der Waals surface area contributed by atoms with Gasteiger partial charge >= 0.3 is 0 Å². The molecule has 0 aromatic carbocycles. The molecule has 0 aliphatic carbocycles. The van der Waals surface area contributed by atoms with Crippen LogP contribution in [0.1, 0.15) is 34.1 Å². The smallest absolute Gasteiger partial charge is 0.191 e. The van der Waals surface area contributed by atoms with E-state index in [0.717, 1.165) is 13.0 Å². The Hall–Kier alpha value is -0.123. The standard InChI is InChI=1S/C13H28O2Si/c1-12(8-7-10-14)9-11-15-16(5,6)13(2,3)4/h7-8,12,14H,9-11H2,1-6H3/b8-7+/t12-/m1/s1. The van der Waals surface area contributed by atoms with Crippen molar-refractivity contribution in [2.45, 2.75) is 52.2 Å². The predicted molar refractivity (Wildman–Crippen MR) is 73.2 cm³/mol. The van der Waals surface area contributed by atoms with E-state index in [0.29, 0.717) is 5.92 Å². The summed E-state index contributed by atoms with van der Waals surface area (Å²) in [6.07, 6.45) is 4.88. The van der Waals surface area contributed by atoms with Crippen molar-refractivity contribution in [1.82, 2.24) is 0 Å². The Morgan fingerprint density at radius 2 is 1.88 bits per heavy atom. The van der Waals surface area contributed by atoms with E-state index in [1.165, 1.54) is 0 Å². The Morgan fingerprint density at radius 3 is 2.31 bits per heavy atom. The minimum Gasteiger partial charge on any atom is -0.417 e. The topological polar surface area (TPSA) is 29.5 Å². The Balaban J connectivity index is 3.94. The molecule has 0 heterocycles. The first-order valence-corrected chi connectivity index (χ1v) is 9.03. The van der Waals surface area contributed by atoms with Gasteiger partial charge in [0.25, 0.3) is 0 Å². The van der Waals surface area contributed by atoms with Crippen LogP contribution in [0.3, 0.4) is 0 Å². The van der Waals surface area contributed by atoms with Gasteiger partial charge in [-0.1, -0.05) is 39.8 Å². The van der Waals surface area contributed by atoms with Crippen LogP contribution in [0.4, 0.5) is 0 Å². The highest BCUT2D eigenvalue weighted by molar-refractivity contribution is 6.74. The average Bonchev–Trinajstić information content (AvgIpc) is 2.12. The lowest BCUT2D eigenvalue weighted by molar-refractivity contribution is 0.269. The Bertz CT molecular complexity index is 216. The van der Waals surface area contributed by atoms with Gasteiger partial charge in [0.15, 0.2) is 8.32 Å². The fraction of sp³-hybridized carbons (Fsp3) is 0.846. The second kappa shape index (κ2) is 6.57. The fourth-order valence-electron chi connectivity index (χ4n) is 1.11. The predicted octanol–water partition coefficient (Wildman–Crippen LogP) is 3.58. The molecule has 0 saturated heterocycles. The van der Waals surface area contributed by atoms with Crippen molar-refractivity contribution in [2.75, 3.05) is 13.2 Å². The summed E-state index contributed by atoms with van der Waals surface area (Å²) in [7, 11) is -1.58. The van der Waals surface area contributed by atoms with Gasteiger partial charge in [-0.3, -0.25) is 0 Å². The number of aliphatic hydroxyl groups excluding tert-OH is 1. The van der Waals surface area contributed by atoms with Gasteiger partial charge in [0, 0.05) is 6.61 Å². The molecule has 0 radical (unpaired) electrons. The second-order valence-corrected chi connectivity index (χ2v) is 10.8. The molecule has 0 aliphatic rings. The molecule has 16 heavy (non-hydrogen) atoms. The summed E-state index contributed by atoms with van der Waals surface area (Å²) in [5.41, 5.74) is 0. The number of hydrogen-bond acceptors (Lipinski definition) is 2. The SMILES string of the molecule is C[C@H](/C=C/CO)CCO[Si](C)(C)C(C)(C)C. The monoisotopic (exact) mass is 244 g/mol. The third-order valence-electron chi connectivity index (χ3n) is 3.41. The number of aliphatic hydroxyl groups is 1. The van der Waals surface area contributed by atoms with Crippen molar-refractivity contribution in [1.29, 1.82) is 0 Å². The van der Waals surface area contributed by atoms with Crippen LogP contribution in [0.15, 0.2) is 12.2 Å². The van der Waals surface area contributed by atoms with E-state index >= 15 is 0 Å². The molecule has 0 unspecified atom stereocenters. The van der Waals surface area contributed by atoms with E-state index in [4.69, 9.17) is 9.53 Å². The zero-order chi connectivity index (χ0) is 12.8. The molecule has 96 valence electrons. The Morgan fingerprint density at radius 1 is 1.31 bits per heavy atom. The third-order valence-corrected chi connectivity index (χ3v) is 7.95. The lowest BCUT2D eigenvalue weighted by Gasteiger charge is -2.36. The molecule has 1 atom stereocenters. The highest BCUT2D eigenvalue weighted by atomic mass is 28.4. The van der Waals surface area contributed by atoms with Gasteiger partial charge in [-0.15, -0.1) is 0 Å². The van der Waals surface area contributed by atoms with Gasteiger partial charge in [-0.2, -0.15) is 0 Å². The van der Waals surface area contributed by atoms with Gasteiger partial charge in [-0.05, 0) is 30.5 Å². The highest BCUT2D eigenvalue weighted by Gasteiger charge is 2.36. The molecule has 0 aliphatic heterocycles. The summed E-state index contributed by atoms with van der Waals surface area (Å²) < 4.78 is 6.09. The first kappa shape index (κ1) is 15.9. The van der Waals surface area contributed by atoms with Crippen LogP contribution < -0.4 is 0 Å². The summed E-state index contributed by atoms with van der Waals surface area (Å²) in [6.45, 7) is 14.4. The molecule has 0 bridgehead atoms. The van der Waals surface area contributed by atoms with E-state index in [1.54, 1.807) is 6.08 Å². The molecule has 2 nitrogen and oxygen atoms in total. The maximum atomic E-state index is 8.67. The molecule has 0 aromatic rings. The summed E-state index contributed by atoms with van der Waals surface area (Å²) in [6, 6.07) is 0. The van der Waals surface area contributed by atoms with Gasteiger partial charge in [0.2, 0.25) is 0 Å². The molecule has 3 heteroatoms. The molecular weight excluding hydrogens is 216 g/mol. The van der Waals surface area contributed by atoms with Gasteiger partial charge < -0.3 is 9.53 Å². The summed E-state index contributed by atoms with van der Waals surface area (Å²) >= 11 is 0. The summed E-state index contributed by atoms with van der Waals surface area (Å²) in [4.78, 5) is 0. The normalized spacial score (nSPS) is 15.7. The largest absolute Gasteiger partial charge is 0.417 e. The van der Waals surface area contributed by atoms with Crippen LogP contribution in [0, 0.1) is 5.92 Å². The van der Waals surface area contributed by atoms with Crippen LogP contribution in [-0.4, -0.2) is 26.6 Å². The van der Waals surface area contributed by atoms with Gasteiger partial charge in [0.05, 0.1) is 6.61 Å². The zero-order valence-corrected chi connectivity index (χ0v) is 12.7. The van der Waals surface area contributed by atoms with Gasteiger partial charge in [0.1, 0.15) is 0 Å². The molecule has 0 amide bonds. The van der Waals surface area contributed by atoms with Crippen LogP contribution in [-0.2, 0) is 4.43 Å². The molecule has 0 rings (SSSR count). The summed E-state index contributed by atoms with van der Waals surface area (Å²) in [5.74, 6) is 0.483. The maximum Gasteiger partial charge on any atom is 0.191 e. The lowest BCUT2D eigenvalue weighted by atomic mass is 10.1. The zero-order valence-electron chi connectivity index (χ0n) is 11.7. The van der Waals surface area contributed by atoms with Crippen molar-refractivity contribution in [3.63, 3.8) is 0 Å². The van der Waals surface area contributed by atoms with Crippen molar-refractivity contribution in [3.8, 4) is 0 Å². The van der Waals surface area contributed by atoms with Crippen molar-refractivity contribution < 1.29 is 9.53 Å². The quantitative estimate of drug-likeness (QED) is 0.571. The first-order chi connectivity index (χ1) is 7.20. The van der Waals surface area contributed by atoms with Crippen molar-refractivity contribution in [3.05, 3.63) is 12.2 Å². The molecule has 1 N–H and O–H groups in total. The molecule has 0 fully saturated rings. The van der Waals surface area contributed by atoms with Crippen LogP contribution in [0.5, 0.6) is 0 Å². The summed E-state index contributed by atoms with van der Waals surface area (Å²) in [5, 5.41) is 8.95. The Labute approximate surface area is 102 Å². The van der Waals surface area contributed by atoms with Gasteiger partial charge in [-0.25, -0.2) is 0 Å². The molecular formula is C13H28O2Si. The molecule has 0 saturated carbocycles. The lowest BCUT2D eigenvalue weighted by Crippen LogP contribution is -2.41. The first-order valence-electron chi connectivity index (χ1n) is 6.12. The van der Waals surface area contributed by atoms with Crippen LogP contribution in [0.2, 0.25) is 18.1 Å². The van der Waals surface area contributed by atoms with Crippen LogP contribution >= 0.6 is 0 Å². The fourth-order valence-corrected chi connectivity index (χ4v) is 2.17. The minimum atomic E-state index is -1.58. The molecule has 0 aromatic heterocycles. The van der Waals surface area contributed by atoms with E-state index in [2.05, 4.69) is 46.9 Å². The number of rotatable bonds is 6. The number of allylic oxidation sites excluding steroid dienone is 1.